The standard InChI is InChI=1S/C13H20BrNO/c1-4-13(3,16)9-15-10(2)11-7-5-6-8-12(11)14/h5-8,10,15-16H,4,9H2,1-3H3. The summed E-state index contributed by atoms with van der Waals surface area (Å²) in [6.07, 6.45) is 0.753. The van der Waals surface area contributed by atoms with Gasteiger partial charge in [-0.05, 0) is 31.9 Å². The Hall–Kier alpha value is -0.380. The molecule has 16 heavy (non-hydrogen) atoms. The van der Waals surface area contributed by atoms with Crippen LogP contribution in [0.3, 0.4) is 0 Å². The molecule has 0 aliphatic carbocycles. The van der Waals surface area contributed by atoms with E-state index in [4.69, 9.17) is 0 Å². The van der Waals surface area contributed by atoms with E-state index in [0.29, 0.717) is 6.54 Å². The van der Waals surface area contributed by atoms with E-state index in [0.717, 1.165) is 10.9 Å². The van der Waals surface area contributed by atoms with Crippen LogP contribution in [0.1, 0.15) is 38.8 Å². The fourth-order valence-electron chi connectivity index (χ4n) is 1.43. The van der Waals surface area contributed by atoms with E-state index >= 15 is 0 Å². The quantitative estimate of drug-likeness (QED) is 0.870. The second kappa shape index (κ2) is 5.80. The van der Waals surface area contributed by atoms with Crippen LogP contribution in [0.25, 0.3) is 0 Å². The van der Waals surface area contributed by atoms with Crippen molar-refractivity contribution < 1.29 is 5.11 Å². The predicted molar refractivity (Wildman–Crippen MR) is 71.5 cm³/mol. The molecule has 0 spiro atoms. The highest BCUT2D eigenvalue weighted by molar-refractivity contribution is 9.10. The van der Waals surface area contributed by atoms with Crippen molar-refractivity contribution in [2.75, 3.05) is 6.54 Å². The van der Waals surface area contributed by atoms with E-state index in [-0.39, 0.29) is 6.04 Å². The molecular formula is C13H20BrNO. The van der Waals surface area contributed by atoms with Crippen molar-refractivity contribution in [2.45, 2.75) is 38.8 Å². The first-order chi connectivity index (χ1) is 7.46. The Balaban J connectivity index is 2.60. The first-order valence-corrected chi connectivity index (χ1v) is 6.46. The number of rotatable bonds is 5. The lowest BCUT2D eigenvalue weighted by Gasteiger charge is -2.25. The lowest BCUT2D eigenvalue weighted by Crippen LogP contribution is -2.38. The van der Waals surface area contributed by atoms with E-state index in [1.54, 1.807) is 0 Å². The van der Waals surface area contributed by atoms with Crippen LogP contribution in [0.15, 0.2) is 28.7 Å². The molecule has 0 saturated carbocycles. The minimum atomic E-state index is -0.629. The highest BCUT2D eigenvalue weighted by atomic mass is 79.9. The Morgan fingerprint density at radius 3 is 2.62 bits per heavy atom. The maximum atomic E-state index is 9.91. The van der Waals surface area contributed by atoms with Crippen LogP contribution in [-0.2, 0) is 0 Å². The Morgan fingerprint density at radius 2 is 2.06 bits per heavy atom. The average Bonchev–Trinajstić information content (AvgIpc) is 2.27. The van der Waals surface area contributed by atoms with Crippen LogP contribution >= 0.6 is 15.9 Å². The normalized spacial score (nSPS) is 16.8. The lowest BCUT2D eigenvalue weighted by atomic mass is 10.0. The zero-order valence-electron chi connectivity index (χ0n) is 10.1. The second-order valence-corrected chi connectivity index (χ2v) is 5.33. The molecule has 0 aromatic heterocycles. The minimum Gasteiger partial charge on any atom is -0.389 e. The number of benzene rings is 1. The molecule has 0 aliphatic rings. The Morgan fingerprint density at radius 1 is 1.44 bits per heavy atom. The number of hydrogen-bond acceptors (Lipinski definition) is 2. The van der Waals surface area contributed by atoms with Crippen LogP contribution in [0.4, 0.5) is 0 Å². The fraction of sp³-hybridized carbons (Fsp3) is 0.538. The third kappa shape index (κ3) is 3.89. The maximum absolute atomic E-state index is 9.91. The van der Waals surface area contributed by atoms with Crippen LogP contribution < -0.4 is 5.32 Å². The molecule has 2 atom stereocenters. The average molecular weight is 286 g/mol. The van der Waals surface area contributed by atoms with Crippen LogP contribution in [0, 0.1) is 0 Å². The monoisotopic (exact) mass is 285 g/mol. The molecule has 2 unspecified atom stereocenters. The van der Waals surface area contributed by atoms with E-state index in [9.17, 15) is 5.11 Å². The Kier molecular flexibility index (Phi) is 4.96. The van der Waals surface area contributed by atoms with Gasteiger partial charge in [0.2, 0.25) is 0 Å². The smallest absolute Gasteiger partial charge is 0.0741 e. The molecule has 0 amide bonds. The summed E-state index contributed by atoms with van der Waals surface area (Å²) in [5.41, 5.74) is 0.588. The van der Waals surface area contributed by atoms with Crippen molar-refractivity contribution >= 4 is 15.9 Å². The summed E-state index contributed by atoms with van der Waals surface area (Å²) in [4.78, 5) is 0. The van der Waals surface area contributed by atoms with Crippen LogP contribution in [0.2, 0.25) is 0 Å². The van der Waals surface area contributed by atoms with Crippen molar-refractivity contribution in [1.29, 1.82) is 0 Å². The molecule has 0 saturated heterocycles. The summed E-state index contributed by atoms with van der Waals surface area (Å²) in [5, 5.41) is 13.3. The molecule has 90 valence electrons. The zero-order chi connectivity index (χ0) is 12.2. The Labute approximate surface area is 106 Å². The SMILES string of the molecule is CCC(C)(O)CNC(C)c1ccccc1Br. The molecule has 0 aliphatic heterocycles. The number of nitrogens with one attached hydrogen (secondary N) is 1. The van der Waals surface area contributed by atoms with Gasteiger partial charge in [-0.3, -0.25) is 0 Å². The van der Waals surface area contributed by atoms with E-state index in [1.807, 2.05) is 32.0 Å². The summed E-state index contributed by atoms with van der Waals surface area (Å²) < 4.78 is 1.10. The van der Waals surface area contributed by atoms with Gasteiger partial charge in [-0.2, -0.15) is 0 Å². The largest absolute Gasteiger partial charge is 0.389 e. The molecule has 1 aromatic rings. The van der Waals surface area contributed by atoms with Gasteiger partial charge in [0.25, 0.3) is 0 Å². The number of hydrogen-bond donors (Lipinski definition) is 2. The summed E-state index contributed by atoms with van der Waals surface area (Å²) in [5.74, 6) is 0. The van der Waals surface area contributed by atoms with E-state index in [1.165, 1.54) is 5.56 Å². The highest BCUT2D eigenvalue weighted by Gasteiger charge is 2.18. The molecule has 0 radical (unpaired) electrons. The zero-order valence-corrected chi connectivity index (χ0v) is 11.7. The van der Waals surface area contributed by atoms with Gasteiger partial charge in [-0.25, -0.2) is 0 Å². The van der Waals surface area contributed by atoms with Crippen molar-refractivity contribution in [3.63, 3.8) is 0 Å². The van der Waals surface area contributed by atoms with Crippen molar-refractivity contribution in [2.24, 2.45) is 0 Å². The molecule has 0 heterocycles. The fourth-order valence-corrected chi connectivity index (χ4v) is 2.06. The third-order valence-electron chi connectivity index (χ3n) is 2.92. The van der Waals surface area contributed by atoms with Gasteiger partial charge in [-0.15, -0.1) is 0 Å². The molecule has 0 fully saturated rings. The number of aliphatic hydroxyl groups is 1. The number of halogens is 1. The van der Waals surface area contributed by atoms with Gasteiger partial charge >= 0.3 is 0 Å². The lowest BCUT2D eigenvalue weighted by molar-refractivity contribution is 0.0533. The molecule has 2 nitrogen and oxygen atoms in total. The molecule has 3 heteroatoms. The van der Waals surface area contributed by atoms with E-state index in [2.05, 4.69) is 34.2 Å². The van der Waals surface area contributed by atoms with Gasteiger partial charge in [0.1, 0.15) is 0 Å². The van der Waals surface area contributed by atoms with Crippen LogP contribution in [-0.4, -0.2) is 17.3 Å². The van der Waals surface area contributed by atoms with Gasteiger partial charge < -0.3 is 10.4 Å². The van der Waals surface area contributed by atoms with Gasteiger partial charge in [0.15, 0.2) is 0 Å². The van der Waals surface area contributed by atoms with Crippen molar-refractivity contribution in [3.8, 4) is 0 Å². The molecule has 0 bridgehead atoms. The van der Waals surface area contributed by atoms with Crippen LogP contribution in [0.5, 0.6) is 0 Å². The third-order valence-corrected chi connectivity index (χ3v) is 3.64. The second-order valence-electron chi connectivity index (χ2n) is 4.47. The highest BCUT2D eigenvalue weighted by Crippen LogP contribution is 2.23. The summed E-state index contributed by atoms with van der Waals surface area (Å²) in [6, 6.07) is 8.38. The summed E-state index contributed by atoms with van der Waals surface area (Å²) in [6.45, 7) is 6.55. The van der Waals surface area contributed by atoms with Crippen molar-refractivity contribution in [1.82, 2.24) is 5.32 Å². The summed E-state index contributed by atoms with van der Waals surface area (Å²) in [7, 11) is 0. The molecule has 2 N–H and O–H groups in total. The predicted octanol–water partition coefficient (Wildman–Crippen LogP) is 3.26. The topological polar surface area (TPSA) is 32.3 Å². The van der Waals surface area contributed by atoms with Crippen molar-refractivity contribution in [3.05, 3.63) is 34.3 Å². The maximum Gasteiger partial charge on any atom is 0.0741 e. The first-order valence-electron chi connectivity index (χ1n) is 5.66. The molecule has 1 aromatic carbocycles. The first kappa shape index (κ1) is 13.7. The van der Waals surface area contributed by atoms with Gasteiger partial charge in [0.05, 0.1) is 5.60 Å². The summed E-state index contributed by atoms with van der Waals surface area (Å²) >= 11 is 3.53. The van der Waals surface area contributed by atoms with Gasteiger partial charge in [0, 0.05) is 17.1 Å². The Bertz CT molecular complexity index is 338. The minimum absolute atomic E-state index is 0.230. The van der Waals surface area contributed by atoms with E-state index < -0.39 is 5.60 Å². The molecular weight excluding hydrogens is 266 g/mol. The molecule has 1 rings (SSSR count). The van der Waals surface area contributed by atoms with Gasteiger partial charge in [-0.1, -0.05) is 41.1 Å².